The Morgan fingerprint density at radius 3 is 2.41 bits per heavy atom. The molecule has 3 rings (SSSR count). The standard InChI is InChI=1S/C21H30BFO4/c1-14(19(23)22-26-20(2,3)21(4,5)27-22)15-9-8-10-16(13-15)25-18-12-7-6-11-17(18)24/h8-10,13,17-18,24H,6-7,11-12H2,1-5H3. The molecule has 0 radical (unpaired) electrons. The molecule has 6 heteroatoms. The predicted octanol–water partition coefficient (Wildman–Crippen LogP) is 4.70. The maximum absolute atomic E-state index is 15.1. The number of hydrogen-bond donors (Lipinski definition) is 1. The molecular formula is C21H30BFO4. The molecule has 148 valence electrons. The first-order chi connectivity index (χ1) is 12.6. The lowest BCUT2D eigenvalue weighted by Gasteiger charge is -2.32. The first kappa shape index (κ1) is 20.4. The molecule has 1 aliphatic carbocycles. The van der Waals surface area contributed by atoms with Crippen LogP contribution < -0.4 is 4.74 Å². The Bertz CT molecular complexity index is 700. The van der Waals surface area contributed by atoms with E-state index in [0.717, 1.165) is 25.7 Å². The zero-order valence-electron chi connectivity index (χ0n) is 16.9. The summed E-state index contributed by atoms with van der Waals surface area (Å²) in [6.45, 7) is 9.33. The Hall–Kier alpha value is -1.37. The minimum Gasteiger partial charge on any atom is -0.488 e. The first-order valence-corrected chi connectivity index (χ1v) is 9.78. The molecule has 4 nitrogen and oxygen atoms in total. The topological polar surface area (TPSA) is 47.9 Å². The lowest BCUT2D eigenvalue weighted by atomic mass is 9.83. The van der Waals surface area contributed by atoms with Crippen molar-refractivity contribution in [1.29, 1.82) is 0 Å². The quantitative estimate of drug-likeness (QED) is 0.774. The SMILES string of the molecule is CC(=C(F)B1OC(C)(C)C(C)(C)O1)c1cccc(OC2CCCCC2O)c1. The summed E-state index contributed by atoms with van der Waals surface area (Å²) >= 11 is 0. The summed E-state index contributed by atoms with van der Waals surface area (Å²) in [5.74, 6) is 0.638. The largest absolute Gasteiger partial charge is 0.525 e. The molecule has 2 atom stereocenters. The Kier molecular flexibility index (Phi) is 5.71. The second-order valence-electron chi connectivity index (χ2n) is 8.60. The van der Waals surface area contributed by atoms with Gasteiger partial charge in [0.05, 0.1) is 17.3 Å². The molecule has 0 amide bonds. The second-order valence-corrected chi connectivity index (χ2v) is 8.60. The fourth-order valence-corrected chi connectivity index (χ4v) is 3.45. The maximum Gasteiger partial charge on any atom is 0.525 e. The molecule has 1 aromatic rings. The predicted molar refractivity (Wildman–Crippen MR) is 105 cm³/mol. The van der Waals surface area contributed by atoms with E-state index in [0.29, 0.717) is 16.9 Å². The van der Waals surface area contributed by atoms with Crippen LogP contribution in [0.25, 0.3) is 5.57 Å². The highest BCUT2D eigenvalue weighted by atomic mass is 19.1. The molecule has 1 saturated heterocycles. The van der Waals surface area contributed by atoms with Crippen molar-refractivity contribution in [3.05, 3.63) is 35.6 Å². The number of aliphatic hydroxyl groups excluding tert-OH is 1. The van der Waals surface area contributed by atoms with Gasteiger partial charge in [0, 0.05) is 0 Å². The van der Waals surface area contributed by atoms with Gasteiger partial charge in [0.15, 0.2) is 0 Å². The van der Waals surface area contributed by atoms with Crippen LogP contribution in [0.3, 0.4) is 0 Å². The minimum atomic E-state index is -1.01. The van der Waals surface area contributed by atoms with Gasteiger partial charge in [0.2, 0.25) is 0 Å². The van der Waals surface area contributed by atoms with Crippen molar-refractivity contribution in [2.75, 3.05) is 0 Å². The van der Waals surface area contributed by atoms with Gasteiger partial charge in [0.1, 0.15) is 17.6 Å². The van der Waals surface area contributed by atoms with Gasteiger partial charge in [0.25, 0.3) is 0 Å². The summed E-state index contributed by atoms with van der Waals surface area (Å²) in [7, 11) is -1.01. The summed E-state index contributed by atoms with van der Waals surface area (Å²) in [5.41, 5.74) is -0.425. The third-order valence-electron chi connectivity index (χ3n) is 6.04. The van der Waals surface area contributed by atoms with Crippen molar-refractivity contribution in [2.24, 2.45) is 0 Å². The molecule has 1 heterocycles. The third-order valence-corrected chi connectivity index (χ3v) is 6.04. The Balaban J connectivity index is 1.78. The van der Waals surface area contributed by atoms with E-state index in [4.69, 9.17) is 14.0 Å². The number of hydrogen-bond acceptors (Lipinski definition) is 4. The molecule has 27 heavy (non-hydrogen) atoms. The normalized spacial score (nSPS) is 28.0. The van der Waals surface area contributed by atoms with E-state index < -0.39 is 30.2 Å². The lowest BCUT2D eigenvalue weighted by molar-refractivity contribution is 0.00578. The Labute approximate surface area is 161 Å². The van der Waals surface area contributed by atoms with Gasteiger partial charge >= 0.3 is 7.12 Å². The van der Waals surface area contributed by atoms with E-state index in [-0.39, 0.29) is 6.10 Å². The van der Waals surface area contributed by atoms with Gasteiger partial charge in [-0.1, -0.05) is 18.6 Å². The molecule has 2 aliphatic rings. The van der Waals surface area contributed by atoms with Crippen LogP contribution in [-0.2, 0) is 9.31 Å². The number of rotatable bonds is 4. The number of allylic oxidation sites excluding steroid dienone is 1. The molecule has 1 N–H and O–H groups in total. The first-order valence-electron chi connectivity index (χ1n) is 9.78. The van der Waals surface area contributed by atoms with Gasteiger partial charge in [-0.2, -0.15) is 0 Å². The maximum atomic E-state index is 15.1. The average Bonchev–Trinajstić information content (AvgIpc) is 2.83. The second kappa shape index (κ2) is 7.57. The molecule has 1 saturated carbocycles. The number of benzene rings is 1. The van der Waals surface area contributed by atoms with Gasteiger partial charge in [-0.15, -0.1) is 0 Å². The highest BCUT2D eigenvalue weighted by Gasteiger charge is 2.53. The van der Waals surface area contributed by atoms with Gasteiger partial charge in [-0.3, -0.25) is 0 Å². The van der Waals surface area contributed by atoms with Crippen molar-refractivity contribution in [1.82, 2.24) is 0 Å². The lowest BCUT2D eigenvalue weighted by Crippen LogP contribution is -2.41. The number of aliphatic hydroxyl groups is 1. The van der Waals surface area contributed by atoms with E-state index in [1.54, 1.807) is 6.92 Å². The van der Waals surface area contributed by atoms with Crippen LogP contribution in [0.2, 0.25) is 0 Å². The summed E-state index contributed by atoms with van der Waals surface area (Å²) in [5, 5.41) is 10.1. The molecule has 2 unspecified atom stereocenters. The van der Waals surface area contributed by atoms with E-state index in [9.17, 15) is 5.11 Å². The zero-order valence-corrected chi connectivity index (χ0v) is 16.9. The summed E-state index contributed by atoms with van der Waals surface area (Å²) in [6, 6.07) is 7.32. The Morgan fingerprint density at radius 2 is 1.78 bits per heavy atom. The molecular weight excluding hydrogens is 346 g/mol. The highest BCUT2D eigenvalue weighted by Crippen LogP contribution is 2.40. The van der Waals surface area contributed by atoms with Crippen LogP contribution in [-0.4, -0.2) is 35.6 Å². The van der Waals surface area contributed by atoms with E-state index in [2.05, 4.69) is 0 Å². The minimum absolute atomic E-state index is 0.203. The van der Waals surface area contributed by atoms with Crippen LogP contribution >= 0.6 is 0 Å². The van der Waals surface area contributed by atoms with E-state index in [1.807, 2.05) is 52.0 Å². The van der Waals surface area contributed by atoms with Crippen LogP contribution in [0.4, 0.5) is 4.39 Å². The van der Waals surface area contributed by atoms with Gasteiger partial charge < -0.3 is 19.2 Å². The van der Waals surface area contributed by atoms with Crippen LogP contribution in [0.5, 0.6) is 5.75 Å². The molecule has 1 aliphatic heterocycles. The van der Waals surface area contributed by atoms with Crippen molar-refractivity contribution in [3.8, 4) is 5.75 Å². The summed E-state index contributed by atoms with van der Waals surface area (Å²) in [6.07, 6.45) is 3.04. The molecule has 1 aromatic carbocycles. The van der Waals surface area contributed by atoms with Gasteiger partial charge in [-0.25, -0.2) is 4.39 Å². The van der Waals surface area contributed by atoms with Crippen LogP contribution in [0, 0.1) is 0 Å². The average molecular weight is 376 g/mol. The fraction of sp³-hybridized carbons (Fsp3) is 0.619. The monoisotopic (exact) mass is 376 g/mol. The van der Waals surface area contributed by atoms with E-state index in [1.165, 1.54) is 0 Å². The van der Waals surface area contributed by atoms with Crippen LogP contribution in [0.1, 0.15) is 65.9 Å². The van der Waals surface area contributed by atoms with E-state index >= 15 is 4.39 Å². The molecule has 0 bridgehead atoms. The van der Waals surface area contributed by atoms with Gasteiger partial charge in [-0.05, 0) is 77.2 Å². The third kappa shape index (κ3) is 4.23. The zero-order chi connectivity index (χ0) is 19.8. The fourth-order valence-electron chi connectivity index (χ4n) is 3.45. The van der Waals surface area contributed by atoms with Crippen molar-refractivity contribution < 1.29 is 23.5 Å². The molecule has 0 spiro atoms. The molecule has 2 fully saturated rings. The Morgan fingerprint density at radius 1 is 1.15 bits per heavy atom. The summed E-state index contributed by atoms with van der Waals surface area (Å²) in [4.78, 5) is 0. The number of ether oxygens (including phenoxy) is 1. The van der Waals surface area contributed by atoms with Crippen molar-refractivity contribution in [2.45, 2.75) is 83.7 Å². The smallest absolute Gasteiger partial charge is 0.488 e. The number of halogens is 1. The highest BCUT2D eigenvalue weighted by molar-refractivity contribution is 6.55. The summed E-state index contributed by atoms with van der Waals surface area (Å²) < 4.78 is 32.7. The van der Waals surface area contributed by atoms with Crippen LogP contribution in [0.15, 0.2) is 30.0 Å². The van der Waals surface area contributed by atoms with Crippen molar-refractivity contribution >= 4 is 12.7 Å². The van der Waals surface area contributed by atoms with Crippen molar-refractivity contribution in [3.63, 3.8) is 0 Å². The molecule has 0 aromatic heterocycles.